The molecule has 1 amide bonds. The fourth-order valence-electron chi connectivity index (χ4n) is 1.78. The van der Waals surface area contributed by atoms with Crippen LogP contribution in [0.2, 0.25) is 0 Å². The van der Waals surface area contributed by atoms with Crippen molar-refractivity contribution in [3.63, 3.8) is 0 Å². The second kappa shape index (κ2) is 6.67. The van der Waals surface area contributed by atoms with Crippen LogP contribution in [-0.2, 0) is 7.05 Å². The highest BCUT2D eigenvalue weighted by Crippen LogP contribution is 2.27. The maximum Gasteiger partial charge on any atom is 0.392 e. The summed E-state index contributed by atoms with van der Waals surface area (Å²) < 4.78 is 56.0. The molecule has 0 fully saturated rings. The number of carbonyl (C=O) groups is 1. The summed E-state index contributed by atoms with van der Waals surface area (Å²) in [6, 6.07) is 4.65. The number of nitrogens with zero attached hydrogens (tertiary/aromatic N) is 2. The number of amides is 1. The van der Waals surface area contributed by atoms with Crippen molar-refractivity contribution in [2.75, 3.05) is 11.9 Å². The summed E-state index contributed by atoms with van der Waals surface area (Å²) in [5, 5.41) is 6.29. The van der Waals surface area contributed by atoms with Gasteiger partial charge in [0, 0.05) is 19.3 Å². The van der Waals surface area contributed by atoms with Crippen LogP contribution in [0.4, 0.5) is 23.2 Å². The number of anilines is 1. The van der Waals surface area contributed by atoms with E-state index < -0.39 is 30.9 Å². The van der Waals surface area contributed by atoms with E-state index in [4.69, 9.17) is 4.74 Å². The Kier molecular flexibility index (Phi) is 4.87. The van der Waals surface area contributed by atoms with Gasteiger partial charge < -0.3 is 10.1 Å². The Bertz CT molecular complexity index is 698. The molecule has 0 radical (unpaired) electrons. The molecule has 124 valence electrons. The monoisotopic (exact) mass is 331 g/mol. The lowest BCUT2D eigenvalue weighted by molar-refractivity contribution is -0.139. The van der Waals surface area contributed by atoms with Gasteiger partial charge in [-0.3, -0.25) is 9.48 Å². The van der Waals surface area contributed by atoms with Gasteiger partial charge in [-0.25, -0.2) is 4.39 Å². The molecule has 1 heterocycles. The third-order valence-corrected chi connectivity index (χ3v) is 2.89. The summed E-state index contributed by atoms with van der Waals surface area (Å²) in [5.41, 5.74) is 0.301. The van der Waals surface area contributed by atoms with Gasteiger partial charge in [0.05, 0.1) is 18.7 Å². The Hall–Kier alpha value is -2.58. The maximum atomic E-state index is 13.3. The first-order chi connectivity index (χ1) is 10.8. The molecule has 1 aromatic carbocycles. The number of halogens is 4. The molecular formula is C14H13F4N3O2. The predicted molar refractivity (Wildman–Crippen MR) is 73.7 cm³/mol. The van der Waals surface area contributed by atoms with Gasteiger partial charge in [0.25, 0.3) is 5.91 Å². The second-order valence-corrected chi connectivity index (χ2v) is 4.65. The summed E-state index contributed by atoms with van der Waals surface area (Å²) in [6.07, 6.45) is -4.15. The molecule has 5 nitrogen and oxygen atoms in total. The van der Waals surface area contributed by atoms with Crippen LogP contribution < -0.4 is 10.1 Å². The highest BCUT2D eigenvalue weighted by atomic mass is 19.4. The number of aromatic nitrogens is 2. The first-order valence-electron chi connectivity index (χ1n) is 6.55. The van der Waals surface area contributed by atoms with E-state index in [2.05, 4.69) is 10.4 Å². The average Bonchev–Trinajstić information content (AvgIpc) is 2.86. The number of nitrogens with one attached hydrogen (secondary N) is 1. The van der Waals surface area contributed by atoms with Crippen LogP contribution in [-0.4, -0.2) is 28.5 Å². The van der Waals surface area contributed by atoms with Crippen LogP contribution >= 0.6 is 0 Å². The lowest BCUT2D eigenvalue weighted by Gasteiger charge is -2.13. The lowest BCUT2D eigenvalue weighted by atomic mass is 10.2. The van der Waals surface area contributed by atoms with Crippen molar-refractivity contribution < 1.29 is 27.1 Å². The molecule has 0 bridgehead atoms. The minimum absolute atomic E-state index is 0.0692. The molecule has 0 saturated heterocycles. The number of rotatable bonds is 5. The predicted octanol–water partition coefficient (Wildman–Crippen LogP) is 3.14. The minimum Gasteiger partial charge on any atom is -0.491 e. The summed E-state index contributed by atoms with van der Waals surface area (Å²) in [5.74, 6) is -1.41. The highest BCUT2D eigenvalue weighted by Gasteiger charge is 2.27. The third-order valence-electron chi connectivity index (χ3n) is 2.89. The zero-order chi connectivity index (χ0) is 17.0. The topological polar surface area (TPSA) is 56.2 Å². The second-order valence-electron chi connectivity index (χ2n) is 4.65. The van der Waals surface area contributed by atoms with Crippen LogP contribution in [0, 0.1) is 5.82 Å². The van der Waals surface area contributed by atoms with E-state index in [1.165, 1.54) is 23.0 Å². The van der Waals surface area contributed by atoms with Crippen molar-refractivity contribution in [1.82, 2.24) is 9.78 Å². The molecule has 0 aliphatic carbocycles. The van der Waals surface area contributed by atoms with Gasteiger partial charge in [0.2, 0.25) is 0 Å². The van der Waals surface area contributed by atoms with E-state index >= 15 is 0 Å². The molecule has 0 aliphatic heterocycles. The normalized spacial score (nSPS) is 11.3. The van der Waals surface area contributed by atoms with Gasteiger partial charge in [-0.2, -0.15) is 18.3 Å². The summed E-state index contributed by atoms with van der Waals surface area (Å²) in [6.45, 7) is -0.679. The summed E-state index contributed by atoms with van der Waals surface area (Å²) in [7, 11) is 1.56. The van der Waals surface area contributed by atoms with Gasteiger partial charge in [-0.1, -0.05) is 0 Å². The molecule has 0 atom stereocenters. The first-order valence-corrected chi connectivity index (χ1v) is 6.55. The van der Waals surface area contributed by atoms with Crippen molar-refractivity contribution in [2.45, 2.75) is 12.6 Å². The van der Waals surface area contributed by atoms with Crippen molar-refractivity contribution in [1.29, 1.82) is 0 Å². The third kappa shape index (κ3) is 4.70. The zero-order valence-corrected chi connectivity index (χ0v) is 12.0. The molecule has 2 aromatic rings. The van der Waals surface area contributed by atoms with Gasteiger partial charge >= 0.3 is 6.18 Å². The molecule has 9 heteroatoms. The number of ether oxygens (including phenoxy) is 1. The van der Waals surface area contributed by atoms with E-state index in [1.807, 2.05) is 0 Å². The molecule has 0 spiro atoms. The van der Waals surface area contributed by atoms with E-state index in [0.29, 0.717) is 0 Å². The minimum atomic E-state index is -4.38. The Morgan fingerprint density at radius 3 is 2.70 bits per heavy atom. The summed E-state index contributed by atoms with van der Waals surface area (Å²) >= 11 is 0. The average molecular weight is 331 g/mol. The first kappa shape index (κ1) is 16.8. The molecule has 23 heavy (non-hydrogen) atoms. The van der Waals surface area contributed by atoms with Gasteiger partial charge in [-0.05, 0) is 18.2 Å². The van der Waals surface area contributed by atoms with Crippen LogP contribution in [0.25, 0.3) is 0 Å². The van der Waals surface area contributed by atoms with Crippen LogP contribution in [0.15, 0.2) is 30.5 Å². The number of hydrogen-bond acceptors (Lipinski definition) is 3. The van der Waals surface area contributed by atoms with Crippen LogP contribution in [0.3, 0.4) is 0 Å². The van der Waals surface area contributed by atoms with Crippen molar-refractivity contribution in [3.8, 4) is 5.75 Å². The summed E-state index contributed by atoms with van der Waals surface area (Å²) in [4.78, 5) is 12.1. The molecular weight excluding hydrogens is 318 g/mol. The number of alkyl halides is 3. The molecule has 0 aliphatic rings. The number of hydrogen-bond donors (Lipinski definition) is 1. The molecule has 1 N–H and O–H groups in total. The maximum absolute atomic E-state index is 13.3. The Labute approximate surface area is 128 Å². The van der Waals surface area contributed by atoms with E-state index in [9.17, 15) is 22.4 Å². The molecule has 2 rings (SSSR count). The van der Waals surface area contributed by atoms with E-state index in [-0.39, 0.29) is 17.1 Å². The van der Waals surface area contributed by atoms with E-state index in [0.717, 1.165) is 12.1 Å². The smallest absolute Gasteiger partial charge is 0.392 e. The van der Waals surface area contributed by atoms with Crippen LogP contribution in [0.1, 0.15) is 16.9 Å². The molecule has 1 aromatic heterocycles. The Morgan fingerprint density at radius 2 is 2.09 bits per heavy atom. The van der Waals surface area contributed by atoms with Crippen molar-refractivity contribution in [2.24, 2.45) is 7.05 Å². The largest absolute Gasteiger partial charge is 0.491 e. The van der Waals surface area contributed by atoms with E-state index in [1.54, 1.807) is 7.05 Å². The number of carbonyl (C=O) groups excluding carboxylic acids is 1. The fraction of sp³-hybridized carbons (Fsp3) is 0.286. The van der Waals surface area contributed by atoms with Crippen molar-refractivity contribution in [3.05, 3.63) is 42.0 Å². The van der Waals surface area contributed by atoms with Gasteiger partial charge in [-0.15, -0.1) is 0 Å². The number of aryl methyl sites for hydroxylation is 1. The SMILES string of the molecule is Cn1nccc1C(=O)Nc1ccc(F)cc1OCCC(F)(F)F. The fourth-order valence-corrected chi connectivity index (χ4v) is 1.78. The standard InChI is InChI=1S/C14H13F4N3O2/c1-21-11(4-6-19-21)13(22)20-10-3-2-9(15)8-12(10)23-7-5-14(16,17)18/h2-4,6,8H,5,7H2,1H3,(H,20,22). The molecule has 0 saturated carbocycles. The van der Waals surface area contributed by atoms with Gasteiger partial charge in [0.15, 0.2) is 0 Å². The quantitative estimate of drug-likeness (QED) is 0.857. The number of benzene rings is 1. The van der Waals surface area contributed by atoms with Crippen molar-refractivity contribution >= 4 is 11.6 Å². The highest BCUT2D eigenvalue weighted by molar-refractivity contribution is 6.03. The van der Waals surface area contributed by atoms with Gasteiger partial charge in [0.1, 0.15) is 17.3 Å². The Morgan fingerprint density at radius 1 is 1.35 bits per heavy atom. The molecule has 0 unspecified atom stereocenters. The lowest BCUT2D eigenvalue weighted by Crippen LogP contribution is -2.17. The van der Waals surface area contributed by atoms with Crippen LogP contribution in [0.5, 0.6) is 5.75 Å². The zero-order valence-electron chi connectivity index (χ0n) is 12.0. The Balaban J connectivity index is 2.12.